The third-order valence-corrected chi connectivity index (χ3v) is 3.40. The second-order valence-electron chi connectivity index (χ2n) is 5.46. The average Bonchev–Trinajstić information content (AvgIpc) is 3.19. The van der Waals surface area contributed by atoms with Crippen molar-refractivity contribution in [2.24, 2.45) is 0 Å². The van der Waals surface area contributed by atoms with Gasteiger partial charge in [-0.25, -0.2) is 4.79 Å². The molecule has 1 unspecified atom stereocenters. The van der Waals surface area contributed by atoms with Crippen LogP contribution in [0.25, 0.3) is 0 Å². The van der Waals surface area contributed by atoms with Gasteiger partial charge in [-0.05, 0) is 38.0 Å². The van der Waals surface area contributed by atoms with E-state index in [0.717, 1.165) is 11.4 Å². The molecule has 0 bridgehead atoms. The molecular weight excluding hydrogens is 308 g/mol. The number of hydrogen-bond acceptors (Lipinski definition) is 5. The van der Waals surface area contributed by atoms with Crippen LogP contribution >= 0.6 is 11.6 Å². The van der Waals surface area contributed by atoms with Crippen molar-refractivity contribution in [3.05, 3.63) is 34.9 Å². The lowest BCUT2D eigenvalue weighted by Crippen LogP contribution is -2.25. The maximum Gasteiger partial charge on any atom is 0.511 e. The average molecular weight is 329 g/mol. The van der Waals surface area contributed by atoms with Crippen molar-refractivity contribution < 1.29 is 23.7 Å². The fraction of sp³-hybridized carbons (Fsp3) is 0.562. The van der Waals surface area contributed by atoms with Crippen molar-refractivity contribution in [3.8, 4) is 0 Å². The Hall–Kier alpha value is -1.30. The minimum Gasteiger partial charge on any atom is -0.432 e. The lowest BCUT2D eigenvalue weighted by Gasteiger charge is -2.14. The summed E-state index contributed by atoms with van der Waals surface area (Å²) in [5, 5.41) is 0.725. The molecular formula is C16H21ClO5. The zero-order valence-corrected chi connectivity index (χ0v) is 13.6. The van der Waals surface area contributed by atoms with Crippen LogP contribution in [0.3, 0.4) is 0 Å². The molecule has 1 saturated heterocycles. The Kier molecular flexibility index (Phi) is 6.06. The number of ether oxygens (including phenoxy) is 4. The third-order valence-electron chi connectivity index (χ3n) is 3.14. The van der Waals surface area contributed by atoms with Crippen molar-refractivity contribution in [2.45, 2.75) is 38.6 Å². The van der Waals surface area contributed by atoms with Gasteiger partial charge in [0.25, 0.3) is 0 Å². The van der Waals surface area contributed by atoms with Gasteiger partial charge >= 0.3 is 6.16 Å². The maximum absolute atomic E-state index is 11.4. The summed E-state index contributed by atoms with van der Waals surface area (Å²) in [5.41, 5.74) is 1.17. The molecule has 0 N–H and O–H groups in total. The van der Waals surface area contributed by atoms with Gasteiger partial charge in [0.2, 0.25) is 5.79 Å². The van der Waals surface area contributed by atoms with Crippen LogP contribution in [-0.4, -0.2) is 37.9 Å². The molecule has 122 valence electrons. The summed E-state index contributed by atoms with van der Waals surface area (Å²) in [6.45, 7) is 4.97. The van der Waals surface area contributed by atoms with E-state index in [2.05, 4.69) is 0 Å². The highest BCUT2D eigenvalue weighted by Gasteiger charge is 2.49. The first-order valence-corrected chi connectivity index (χ1v) is 7.73. The molecule has 22 heavy (non-hydrogen) atoms. The number of hydrogen-bond donors (Lipinski definition) is 0. The molecule has 2 rings (SSSR count). The summed E-state index contributed by atoms with van der Waals surface area (Å²) in [6.07, 6.45) is 0.398. The Morgan fingerprint density at radius 3 is 2.59 bits per heavy atom. The monoisotopic (exact) mass is 328 g/mol. The normalized spacial score (nSPS) is 20.0. The first kappa shape index (κ1) is 17.1. The Labute approximate surface area is 135 Å². The van der Waals surface area contributed by atoms with Crippen LogP contribution in [-0.2, 0) is 25.4 Å². The van der Waals surface area contributed by atoms with Crippen molar-refractivity contribution in [3.63, 3.8) is 0 Å². The van der Waals surface area contributed by atoms with Crippen LogP contribution in [0.4, 0.5) is 4.79 Å². The minimum absolute atomic E-state index is 0.209. The van der Waals surface area contributed by atoms with Crippen LogP contribution in [0.1, 0.15) is 25.8 Å². The van der Waals surface area contributed by atoms with E-state index in [1.165, 1.54) is 5.56 Å². The van der Waals surface area contributed by atoms with E-state index < -0.39 is 11.9 Å². The molecule has 5 nitrogen and oxygen atoms in total. The third kappa shape index (κ3) is 5.83. The van der Waals surface area contributed by atoms with Crippen LogP contribution in [0, 0.1) is 0 Å². The summed E-state index contributed by atoms with van der Waals surface area (Å²) in [6, 6.07) is 7.67. The molecule has 0 amide bonds. The standard InChI is InChI=1S/C16H21ClO5/c1-12(2)21-15(18)22-16(11-20-16)8-10-19-9-7-13-3-5-14(17)6-4-13/h3-6,12H,7-11H2,1-2H3. The smallest absolute Gasteiger partial charge is 0.432 e. The lowest BCUT2D eigenvalue weighted by molar-refractivity contribution is -0.0576. The number of halogens is 1. The molecule has 0 radical (unpaired) electrons. The second-order valence-corrected chi connectivity index (χ2v) is 5.89. The molecule has 0 aliphatic carbocycles. The number of epoxide rings is 1. The largest absolute Gasteiger partial charge is 0.511 e. The molecule has 0 spiro atoms. The van der Waals surface area contributed by atoms with E-state index in [0.29, 0.717) is 26.2 Å². The van der Waals surface area contributed by atoms with Crippen LogP contribution < -0.4 is 0 Å². The van der Waals surface area contributed by atoms with Gasteiger partial charge in [-0.15, -0.1) is 0 Å². The van der Waals surface area contributed by atoms with Gasteiger partial charge in [0, 0.05) is 11.4 Å². The topological polar surface area (TPSA) is 57.3 Å². The number of carbonyl (C=O) groups is 1. The Bertz CT molecular complexity index is 482. The summed E-state index contributed by atoms with van der Waals surface area (Å²) in [4.78, 5) is 11.4. The van der Waals surface area contributed by atoms with Crippen molar-refractivity contribution in [1.29, 1.82) is 0 Å². The quantitative estimate of drug-likeness (QED) is 0.415. The van der Waals surface area contributed by atoms with Gasteiger partial charge < -0.3 is 18.9 Å². The Balaban J connectivity index is 1.60. The summed E-state index contributed by atoms with van der Waals surface area (Å²) >= 11 is 5.83. The molecule has 1 aromatic carbocycles. The number of carbonyl (C=O) groups excluding carboxylic acids is 1. The van der Waals surface area contributed by atoms with E-state index in [1.807, 2.05) is 24.3 Å². The van der Waals surface area contributed by atoms with E-state index in [-0.39, 0.29) is 6.10 Å². The van der Waals surface area contributed by atoms with Gasteiger partial charge in [-0.1, -0.05) is 23.7 Å². The number of rotatable bonds is 8. The van der Waals surface area contributed by atoms with Crippen LogP contribution in [0.15, 0.2) is 24.3 Å². The summed E-state index contributed by atoms with van der Waals surface area (Å²) in [5.74, 6) is -0.855. The lowest BCUT2D eigenvalue weighted by atomic mass is 10.2. The highest BCUT2D eigenvalue weighted by Crippen LogP contribution is 2.32. The molecule has 0 saturated carbocycles. The van der Waals surface area contributed by atoms with Crippen LogP contribution in [0.5, 0.6) is 0 Å². The fourth-order valence-electron chi connectivity index (χ4n) is 1.87. The SMILES string of the molecule is CC(C)OC(=O)OC1(CCOCCc2ccc(Cl)cc2)CO1. The highest BCUT2D eigenvalue weighted by molar-refractivity contribution is 6.30. The van der Waals surface area contributed by atoms with E-state index in [4.69, 9.17) is 30.5 Å². The number of benzene rings is 1. The molecule has 6 heteroatoms. The van der Waals surface area contributed by atoms with Gasteiger partial charge in [-0.2, -0.15) is 0 Å². The van der Waals surface area contributed by atoms with Crippen molar-refractivity contribution >= 4 is 17.8 Å². The first-order valence-electron chi connectivity index (χ1n) is 7.35. The molecule has 1 fully saturated rings. The summed E-state index contributed by atoms with van der Waals surface area (Å²) < 4.78 is 20.9. The van der Waals surface area contributed by atoms with E-state index in [9.17, 15) is 4.79 Å². The fourth-order valence-corrected chi connectivity index (χ4v) is 2.00. The molecule has 1 aliphatic rings. The minimum atomic E-state index is -0.855. The molecule has 1 atom stereocenters. The van der Waals surface area contributed by atoms with E-state index in [1.54, 1.807) is 13.8 Å². The van der Waals surface area contributed by atoms with Gasteiger partial charge in [0.1, 0.15) is 6.61 Å². The molecule has 1 aromatic rings. The predicted octanol–water partition coefficient (Wildman–Crippen LogP) is 3.58. The molecule has 1 heterocycles. The Morgan fingerprint density at radius 1 is 1.32 bits per heavy atom. The maximum atomic E-state index is 11.4. The van der Waals surface area contributed by atoms with E-state index >= 15 is 0 Å². The van der Waals surface area contributed by atoms with Gasteiger partial charge in [0.15, 0.2) is 0 Å². The molecule has 1 aliphatic heterocycles. The molecule has 0 aromatic heterocycles. The summed E-state index contributed by atoms with van der Waals surface area (Å²) in [7, 11) is 0. The Morgan fingerprint density at radius 2 is 2.00 bits per heavy atom. The highest BCUT2D eigenvalue weighted by atomic mass is 35.5. The van der Waals surface area contributed by atoms with Crippen LogP contribution in [0.2, 0.25) is 5.02 Å². The van der Waals surface area contributed by atoms with Crippen molar-refractivity contribution in [2.75, 3.05) is 19.8 Å². The zero-order valence-electron chi connectivity index (χ0n) is 12.8. The predicted molar refractivity (Wildman–Crippen MR) is 82.0 cm³/mol. The zero-order chi connectivity index (χ0) is 16.0. The van der Waals surface area contributed by atoms with Crippen molar-refractivity contribution in [1.82, 2.24) is 0 Å². The first-order chi connectivity index (χ1) is 10.5. The second kappa shape index (κ2) is 7.81. The van der Waals surface area contributed by atoms with Gasteiger partial charge in [0.05, 0.1) is 19.3 Å². The van der Waals surface area contributed by atoms with Gasteiger partial charge in [-0.3, -0.25) is 0 Å².